The van der Waals surface area contributed by atoms with E-state index >= 15 is 0 Å². The van der Waals surface area contributed by atoms with E-state index in [1.165, 1.54) is 17.0 Å². The van der Waals surface area contributed by atoms with Gasteiger partial charge in [-0.05, 0) is 43.7 Å². The highest BCUT2D eigenvalue weighted by Gasteiger charge is 2.11. The molecule has 0 unspecified atom stereocenters. The molecular weight excluding hydrogens is 346 g/mol. The second kappa shape index (κ2) is 7.82. The molecule has 2 aromatic carbocycles. The molecule has 0 saturated heterocycles. The van der Waals surface area contributed by atoms with Gasteiger partial charge in [-0.25, -0.2) is 9.78 Å². The van der Waals surface area contributed by atoms with Gasteiger partial charge in [-0.2, -0.15) is 0 Å². The van der Waals surface area contributed by atoms with Crippen LogP contribution in [0.3, 0.4) is 0 Å². The Morgan fingerprint density at radius 2 is 1.96 bits per heavy atom. The van der Waals surface area contributed by atoms with Gasteiger partial charge in [-0.1, -0.05) is 18.2 Å². The van der Waals surface area contributed by atoms with Crippen LogP contribution in [-0.4, -0.2) is 28.0 Å². The summed E-state index contributed by atoms with van der Waals surface area (Å²) in [6.07, 6.45) is 1.37. The van der Waals surface area contributed by atoms with Crippen molar-refractivity contribution in [1.29, 1.82) is 0 Å². The van der Waals surface area contributed by atoms with Gasteiger partial charge in [-0.15, -0.1) is 0 Å². The molecule has 138 valence electrons. The first-order chi connectivity index (χ1) is 13.0. The minimum atomic E-state index is -0.459. The van der Waals surface area contributed by atoms with E-state index in [1.807, 2.05) is 13.0 Å². The zero-order chi connectivity index (χ0) is 19.4. The first-order valence-electron chi connectivity index (χ1n) is 8.51. The van der Waals surface area contributed by atoms with Crippen molar-refractivity contribution in [3.63, 3.8) is 0 Å². The Labute approximate surface area is 155 Å². The van der Waals surface area contributed by atoms with E-state index in [9.17, 15) is 14.4 Å². The van der Waals surface area contributed by atoms with Crippen LogP contribution in [0, 0.1) is 6.92 Å². The summed E-state index contributed by atoms with van der Waals surface area (Å²) in [6, 6.07) is 11.8. The van der Waals surface area contributed by atoms with Crippen LogP contribution in [-0.2, 0) is 16.1 Å². The number of anilines is 1. The van der Waals surface area contributed by atoms with Crippen molar-refractivity contribution in [2.75, 3.05) is 11.9 Å². The molecule has 3 aromatic rings. The van der Waals surface area contributed by atoms with Crippen molar-refractivity contribution in [1.82, 2.24) is 9.55 Å². The van der Waals surface area contributed by atoms with E-state index in [4.69, 9.17) is 4.74 Å². The summed E-state index contributed by atoms with van der Waals surface area (Å²) in [6.45, 7) is 3.69. The third-order valence-corrected chi connectivity index (χ3v) is 4.03. The van der Waals surface area contributed by atoms with Crippen LogP contribution in [0.5, 0.6) is 0 Å². The number of rotatable bonds is 5. The van der Waals surface area contributed by atoms with Crippen molar-refractivity contribution in [3.05, 3.63) is 70.3 Å². The number of hydrogen-bond acceptors (Lipinski definition) is 5. The fraction of sp³-hybridized carbons (Fsp3) is 0.200. The molecule has 1 aromatic heterocycles. The van der Waals surface area contributed by atoms with Crippen LogP contribution in [0.2, 0.25) is 0 Å². The fourth-order valence-electron chi connectivity index (χ4n) is 2.74. The molecule has 0 aliphatic heterocycles. The van der Waals surface area contributed by atoms with Gasteiger partial charge in [0.05, 0.1) is 29.4 Å². The monoisotopic (exact) mass is 365 g/mol. The SMILES string of the molecule is CCOC(=O)c1cccc(NC(=O)Cn2cnc3c(C)cccc3c2=O)c1. The van der Waals surface area contributed by atoms with Gasteiger partial charge in [0, 0.05) is 5.69 Å². The number of benzene rings is 2. The van der Waals surface area contributed by atoms with Crippen LogP contribution in [0.4, 0.5) is 5.69 Å². The minimum Gasteiger partial charge on any atom is -0.462 e. The Kier molecular flexibility index (Phi) is 5.30. The standard InChI is InChI=1S/C20H19N3O4/c1-3-27-20(26)14-7-5-8-15(10-14)22-17(24)11-23-12-21-18-13(2)6-4-9-16(18)19(23)25/h4-10,12H,3,11H2,1-2H3,(H,22,24). The summed E-state index contributed by atoms with van der Waals surface area (Å²) in [5.74, 6) is -0.856. The summed E-state index contributed by atoms with van der Waals surface area (Å²) in [5, 5.41) is 3.15. The molecule has 0 spiro atoms. The van der Waals surface area contributed by atoms with E-state index in [0.29, 0.717) is 22.2 Å². The van der Waals surface area contributed by atoms with Gasteiger partial charge in [0.15, 0.2) is 0 Å². The van der Waals surface area contributed by atoms with Crippen LogP contribution in [0.25, 0.3) is 10.9 Å². The van der Waals surface area contributed by atoms with Crippen molar-refractivity contribution in [2.24, 2.45) is 0 Å². The van der Waals surface area contributed by atoms with E-state index in [-0.39, 0.29) is 18.7 Å². The van der Waals surface area contributed by atoms with Gasteiger partial charge in [0.1, 0.15) is 6.54 Å². The zero-order valence-electron chi connectivity index (χ0n) is 15.1. The smallest absolute Gasteiger partial charge is 0.338 e. The van der Waals surface area contributed by atoms with Gasteiger partial charge >= 0.3 is 5.97 Å². The van der Waals surface area contributed by atoms with Crippen molar-refractivity contribution < 1.29 is 14.3 Å². The average molecular weight is 365 g/mol. The molecule has 3 rings (SSSR count). The molecule has 0 saturated carbocycles. The maximum Gasteiger partial charge on any atom is 0.338 e. The molecule has 0 atom stereocenters. The predicted molar refractivity (Wildman–Crippen MR) is 102 cm³/mol. The first-order valence-corrected chi connectivity index (χ1v) is 8.51. The van der Waals surface area contributed by atoms with Crippen LogP contribution < -0.4 is 10.9 Å². The van der Waals surface area contributed by atoms with E-state index in [0.717, 1.165) is 5.56 Å². The molecule has 1 amide bonds. The topological polar surface area (TPSA) is 90.3 Å². The zero-order valence-corrected chi connectivity index (χ0v) is 15.1. The molecule has 0 radical (unpaired) electrons. The lowest BCUT2D eigenvalue weighted by atomic mass is 10.1. The number of nitrogens with zero attached hydrogens (tertiary/aromatic N) is 2. The maximum atomic E-state index is 12.6. The first kappa shape index (κ1) is 18.3. The summed E-state index contributed by atoms with van der Waals surface area (Å²) in [7, 11) is 0. The molecule has 1 N–H and O–H groups in total. The highest BCUT2D eigenvalue weighted by Crippen LogP contribution is 2.13. The Morgan fingerprint density at radius 3 is 2.74 bits per heavy atom. The Morgan fingerprint density at radius 1 is 1.19 bits per heavy atom. The highest BCUT2D eigenvalue weighted by atomic mass is 16.5. The Hall–Kier alpha value is -3.48. The third-order valence-electron chi connectivity index (χ3n) is 4.03. The number of carbonyl (C=O) groups excluding carboxylic acids is 2. The van der Waals surface area contributed by atoms with Gasteiger partial charge in [0.25, 0.3) is 5.56 Å². The molecule has 1 heterocycles. The quantitative estimate of drug-likeness (QED) is 0.702. The fourth-order valence-corrected chi connectivity index (χ4v) is 2.74. The number of aryl methyl sites for hydroxylation is 1. The molecule has 0 aliphatic carbocycles. The number of ether oxygens (including phenoxy) is 1. The van der Waals surface area contributed by atoms with Gasteiger partial charge < -0.3 is 10.1 Å². The van der Waals surface area contributed by atoms with E-state index < -0.39 is 11.9 Å². The van der Waals surface area contributed by atoms with Crippen LogP contribution in [0.15, 0.2) is 53.6 Å². The Bertz CT molecular complexity index is 1070. The highest BCUT2D eigenvalue weighted by molar-refractivity contribution is 5.94. The minimum absolute atomic E-state index is 0.181. The number of hydrogen-bond donors (Lipinski definition) is 1. The molecule has 0 fully saturated rings. The van der Waals surface area contributed by atoms with Gasteiger partial charge in [-0.3, -0.25) is 14.2 Å². The van der Waals surface area contributed by atoms with Gasteiger partial charge in [0.2, 0.25) is 5.91 Å². The average Bonchev–Trinajstić information content (AvgIpc) is 2.65. The largest absolute Gasteiger partial charge is 0.462 e. The number of fused-ring (bicyclic) bond motifs is 1. The number of amides is 1. The van der Waals surface area contributed by atoms with Crippen molar-refractivity contribution in [2.45, 2.75) is 20.4 Å². The number of para-hydroxylation sites is 1. The summed E-state index contributed by atoms with van der Waals surface area (Å²) in [4.78, 5) is 41.0. The van der Waals surface area contributed by atoms with E-state index in [2.05, 4.69) is 10.3 Å². The van der Waals surface area contributed by atoms with Crippen molar-refractivity contribution >= 4 is 28.5 Å². The van der Waals surface area contributed by atoms with Crippen LogP contribution >= 0.6 is 0 Å². The number of nitrogens with one attached hydrogen (secondary N) is 1. The lowest BCUT2D eigenvalue weighted by Crippen LogP contribution is -2.28. The number of aromatic nitrogens is 2. The number of carbonyl (C=O) groups is 2. The number of esters is 1. The maximum absolute atomic E-state index is 12.6. The summed E-state index contributed by atoms with van der Waals surface area (Å²) in [5.41, 5.74) is 2.04. The second-order valence-corrected chi connectivity index (χ2v) is 6.00. The molecule has 7 heteroatoms. The summed E-state index contributed by atoms with van der Waals surface area (Å²) < 4.78 is 6.20. The molecular formula is C20H19N3O4. The molecule has 27 heavy (non-hydrogen) atoms. The predicted octanol–water partition coefficient (Wildman–Crippen LogP) is 2.52. The molecule has 0 aliphatic rings. The van der Waals surface area contributed by atoms with E-state index in [1.54, 1.807) is 37.3 Å². The Balaban J connectivity index is 1.78. The molecule has 7 nitrogen and oxygen atoms in total. The second-order valence-electron chi connectivity index (χ2n) is 6.00. The normalized spacial score (nSPS) is 10.6. The third kappa shape index (κ3) is 4.03. The molecule has 0 bridgehead atoms. The van der Waals surface area contributed by atoms with Crippen molar-refractivity contribution in [3.8, 4) is 0 Å². The lowest BCUT2D eigenvalue weighted by molar-refractivity contribution is -0.116. The summed E-state index contributed by atoms with van der Waals surface area (Å²) >= 11 is 0. The van der Waals surface area contributed by atoms with Crippen LogP contribution in [0.1, 0.15) is 22.8 Å². The lowest BCUT2D eigenvalue weighted by Gasteiger charge is -2.09.